The quantitative estimate of drug-likeness (QED) is 0.439. The van der Waals surface area contributed by atoms with Gasteiger partial charge in [0.2, 0.25) is 0 Å². The third-order valence-corrected chi connectivity index (χ3v) is 4.41. The SMILES string of the molecule is CN(C)c1ccc2c(c1)oc1c3ncoc3c3ccccc3c21. The van der Waals surface area contributed by atoms with Gasteiger partial charge >= 0.3 is 0 Å². The first-order valence-electron chi connectivity index (χ1n) is 7.51. The van der Waals surface area contributed by atoms with Gasteiger partial charge in [-0.25, -0.2) is 4.98 Å². The molecule has 5 aromatic rings. The van der Waals surface area contributed by atoms with Gasteiger partial charge in [0.05, 0.1) is 0 Å². The molecule has 0 bridgehead atoms. The van der Waals surface area contributed by atoms with E-state index >= 15 is 0 Å². The van der Waals surface area contributed by atoms with Crippen LogP contribution in [0.25, 0.3) is 43.8 Å². The fourth-order valence-corrected chi connectivity index (χ4v) is 3.30. The summed E-state index contributed by atoms with van der Waals surface area (Å²) >= 11 is 0. The van der Waals surface area contributed by atoms with Crippen LogP contribution in [0.4, 0.5) is 5.69 Å². The standard InChI is InChI=1S/C19H14N2O2/c1-21(2)11-7-8-14-15(9-11)23-19-16(14)12-5-3-4-6-13(12)18-17(19)20-10-22-18/h3-10H,1-2H3. The van der Waals surface area contributed by atoms with Crippen LogP contribution in [0.5, 0.6) is 0 Å². The zero-order valence-electron chi connectivity index (χ0n) is 12.8. The Balaban J connectivity index is 2.08. The van der Waals surface area contributed by atoms with Gasteiger partial charge in [-0.15, -0.1) is 0 Å². The number of furan rings is 1. The highest BCUT2D eigenvalue weighted by Gasteiger charge is 2.18. The lowest BCUT2D eigenvalue weighted by molar-refractivity contribution is 0.605. The van der Waals surface area contributed by atoms with E-state index in [1.165, 1.54) is 6.39 Å². The third kappa shape index (κ3) is 1.58. The molecule has 4 heteroatoms. The smallest absolute Gasteiger partial charge is 0.182 e. The average molecular weight is 302 g/mol. The fraction of sp³-hybridized carbons (Fsp3) is 0.105. The third-order valence-electron chi connectivity index (χ3n) is 4.41. The number of fused-ring (bicyclic) bond motifs is 8. The van der Waals surface area contributed by atoms with Gasteiger partial charge in [-0.1, -0.05) is 24.3 Å². The Hall–Kier alpha value is -3.01. The molecule has 0 radical (unpaired) electrons. The van der Waals surface area contributed by atoms with Gasteiger partial charge in [0.1, 0.15) is 5.58 Å². The van der Waals surface area contributed by atoms with Crippen molar-refractivity contribution < 1.29 is 8.83 Å². The summed E-state index contributed by atoms with van der Waals surface area (Å²) in [6.45, 7) is 0. The predicted octanol–water partition coefficient (Wildman–Crippen LogP) is 4.95. The summed E-state index contributed by atoms with van der Waals surface area (Å²) in [5.41, 5.74) is 4.32. The van der Waals surface area contributed by atoms with Gasteiger partial charge in [-0.2, -0.15) is 0 Å². The lowest BCUT2D eigenvalue weighted by Crippen LogP contribution is -2.07. The van der Waals surface area contributed by atoms with Crippen LogP contribution in [-0.4, -0.2) is 19.1 Å². The zero-order chi connectivity index (χ0) is 15.6. The van der Waals surface area contributed by atoms with Crippen LogP contribution in [0.2, 0.25) is 0 Å². The number of aromatic nitrogens is 1. The Labute approximate surface area is 131 Å². The molecule has 0 amide bonds. The predicted molar refractivity (Wildman–Crippen MR) is 93.1 cm³/mol. The van der Waals surface area contributed by atoms with Gasteiger partial charge in [-0.05, 0) is 17.5 Å². The fourth-order valence-electron chi connectivity index (χ4n) is 3.30. The topological polar surface area (TPSA) is 42.4 Å². The highest BCUT2D eigenvalue weighted by molar-refractivity contribution is 6.28. The van der Waals surface area contributed by atoms with Crippen molar-refractivity contribution in [2.45, 2.75) is 0 Å². The molecule has 0 aliphatic heterocycles. The van der Waals surface area contributed by atoms with E-state index in [1.807, 2.05) is 26.2 Å². The Morgan fingerprint density at radius 2 is 1.74 bits per heavy atom. The number of hydrogen-bond donors (Lipinski definition) is 0. The zero-order valence-corrected chi connectivity index (χ0v) is 12.8. The summed E-state index contributed by atoms with van der Waals surface area (Å²) in [5.74, 6) is 0. The molecule has 0 N–H and O–H groups in total. The highest BCUT2D eigenvalue weighted by atomic mass is 16.3. The molecule has 0 atom stereocenters. The van der Waals surface area contributed by atoms with Gasteiger partial charge in [0, 0.05) is 42.0 Å². The van der Waals surface area contributed by atoms with Crippen molar-refractivity contribution >= 4 is 49.5 Å². The number of nitrogens with zero attached hydrogens (tertiary/aromatic N) is 2. The minimum absolute atomic E-state index is 0.778. The van der Waals surface area contributed by atoms with Crippen LogP contribution in [0.15, 0.2) is 57.7 Å². The van der Waals surface area contributed by atoms with Crippen LogP contribution in [-0.2, 0) is 0 Å². The second kappa shape index (κ2) is 4.26. The summed E-state index contributed by atoms with van der Waals surface area (Å²) in [5, 5.41) is 4.39. The van der Waals surface area contributed by atoms with Gasteiger partial charge in [0.25, 0.3) is 0 Å². The van der Waals surface area contributed by atoms with Crippen molar-refractivity contribution in [1.82, 2.24) is 4.98 Å². The summed E-state index contributed by atoms with van der Waals surface area (Å²) in [6.07, 6.45) is 1.48. The molecule has 0 saturated heterocycles. The van der Waals surface area contributed by atoms with E-state index in [2.05, 4.69) is 40.2 Å². The highest BCUT2D eigenvalue weighted by Crippen LogP contribution is 2.40. The van der Waals surface area contributed by atoms with E-state index in [4.69, 9.17) is 8.83 Å². The van der Waals surface area contributed by atoms with Crippen LogP contribution < -0.4 is 4.90 Å². The maximum Gasteiger partial charge on any atom is 0.182 e. The molecule has 0 aliphatic carbocycles. The van der Waals surface area contributed by atoms with Crippen LogP contribution in [0.3, 0.4) is 0 Å². The molecule has 0 spiro atoms. The van der Waals surface area contributed by atoms with E-state index in [-0.39, 0.29) is 0 Å². The molecular formula is C19H14N2O2. The molecule has 2 aromatic heterocycles. The maximum absolute atomic E-state index is 6.17. The van der Waals surface area contributed by atoms with Crippen LogP contribution in [0.1, 0.15) is 0 Å². The van der Waals surface area contributed by atoms with Crippen molar-refractivity contribution in [3.8, 4) is 0 Å². The van der Waals surface area contributed by atoms with Crippen LogP contribution in [0, 0.1) is 0 Å². The molecule has 112 valence electrons. The molecule has 0 saturated carbocycles. The van der Waals surface area contributed by atoms with E-state index in [0.29, 0.717) is 0 Å². The summed E-state index contributed by atoms with van der Waals surface area (Å²) in [6, 6.07) is 14.5. The maximum atomic E-state index is 6.17. The van der Waals surface area contributed by atoms with Gasteiger partial charge in [-0.3, -0.25) is 0 Å². The summed E-state index contributed by atoms with van der Waals surface area (Å²) in [4.78, 5) is 6.44. The van der Waals surface area contributed by atoms with Crippen LogP contribution >= 0.6 is 0 Å². The summed E-state index contributed by atoms with van der Waals surface area (Å²) in [7, 11) is 4.05. The average Bonchev–Trinajstić information content (AvgIpc) is 3.18. The second-order valence-electron chi connectivity index (χ2n) is 5.96. The Bertz CT molecular complexity index is 1200. The number of benzene rings is 3. The summed E-state index contributed by atoms with van der Waals surface area (Å²) < 4.78 is 11.8. The van der Waals surface area contributed by atoms with Crippen molar-refractivity contribution in [2.24, 2.45) is 0 Å². The lowest BCUT2D eigenvalue weighted by Gasteiger charge is -2.11. The molecule has 5 rings (SSSR count). The number of oxazole rings is 1. The van der Waals surface area contributed by atoms with E-state index < -0.39 is 0 Å². The van der Waals surface area contributed by atoms with E-state index in [9.17, 15) is 0 Å². The van der Waals surface area contributed by atoms with Crippen molar-refractivity contribution in [3.05, 3.63) is 48.9 Å². The largest absolute Gasteiger partial charge is 0.454 e. The number of hydrogen-bond acceptors (Lipinski definition) is 4. The molecule has 4 nitrogen and oxygen atoms in total. The molecule has 0 aliphatic rings. The minimum atomic E-state index is 0.778. The first-order valence-corrected chi connectivity index (χ1v) is 7.51. The van der Waals surface area contributed by atoms with Crippen molar-refractivity contribution in [3.63, 3.8) is 0 Å². The molecule has 23 heavy (non-hydrogen) atoms. The molecule has 2 heterocycles. The Morgan fingerprint density at radius 1 is 0.913 bits per heavy atom. The first kappa shape index (κ1) is 12.5. The van der Waals surface area contributed by atoms with Gasteiger partial charge in [0.15, 0.2) is 23.1 Å². The van der Waals surface area contributed by atoms with E-state index in [0.717, 1.165) is 49.5 Å². The molecule has 0 unspecified atom stereocenters. The molecule has 0 fully saturated rings. The van der Waals surface area contributed by atoms with Crippen molar-refractivity contribution in [1.29, 1.82) is 0 Å². The Kier molecular flexibility index (Phi) is 2.32. The number of anilines is 1. The first-order chi connectivity index (χ1) is 11.2. The van der Waals surface area contributed by atoms with Gasteiger partial charge < -0.3 is 13.7 Å². The number of rotatable bonds is 1. The lowest BCUT2D eigenvalue weighted by atomic mass is 10.0. The minimum Gasteiger partial charge on any atom is -0.454 e. The Morgan fingerprint density at radius 3 is 2.57 bits per heavy atom. The van der Waals surface area contributed by atoms with E-state index in [1.54, 1.807) is 0 Å². The molecular weight excluding hydrogens is 288 g/mol. The normalized spacial score (nSPS) is 11.9. The van der Waals surface area contributed by atoms with Crippen molar-refractivity contribution in [2.75, 3.05) is 19.0 Å². The second-order valence-corrected chi connectivity index (χ2v) is 5.96. The molecule has 3 aromatic carbocycles. The monoisotopic (exact) mass is 302 g/mol.